The number of aromatic nitrogens is 1. The Morgan fingerprint density at radius 1 is 1.24 bits per heavy atom. The fourth-order valence-electron chi connectivity index (χ4n) is 2.99. The second-order valence-corrected chi connectivity index (χ2v) is 7.03. The molecular weight excluding hydrogens is 368 g/mol. The zero-order valence-corrected chi connectivity index (χ0v) is 16.7. The number of fused-ring (bicyclic) bond motifs is 1. The summed E-state index contributed by atoms with van der Waals surface area (Å²) in [5, 5.41) is 3.63. The topological polar surface area (TPSA) is 81.4 Å². The Balaban J connectivity index is 1.70. The fraction of sp³-hybridized carbons (Fsp3) is 0.261. The van der Waals surface area contributed by atoms with Crippen LogP contribution in [0.1, 0.15) is 23.6 Å². The van der Waals surface area contributed by atoms with Crippen molar-refractivity contribution in [2.45, 2.75) is 26.7 Å². The van der Waals surface area contributed by atoms with Crippen molar-refractivity contribution in [2.24, 2.45) is 0 Å². The zero-order valence-electron chi connectivity index (χ0n) is 16.7. The van der Waals surface area contributed by atoms with Gasteiger partial charge in [-0.25, -0.2) is 4.79 Å². The summed E-state index contributed by atoms with van der Waals surface area (Å²) in [4.78, 5) is 28.7. The minimum Gasteiger partial charge on any atom is -0.489 e. The molecule has 0 atom stereocenters. The zero-order chi connectivity index (χ0) is 20.8. The summed E-state index contributed by atoms with van der Waals surface area (Å²) in [7, 11) is 0. The Morgan fingerprint density at radius 2 is 2.00 bits per heavy atom. The van der Waals surface area contributed by atoms with Crippen molar-refractivity contribution in [3.8, 4) is 5.75 Å². The van der Waals surface area contributed by atoms with Crippen molar-refractivity contribution < 1.29 is 13.9 Å². The van der Waals surface area contributed by atoms with Gasteiger partial charge in [-0.3, -0.25) is 9.78 Å². The maximum Gasteiger partial charge on any atom is 0.340 e. The third kappa shape index (κ3) is 5.31. The van der Waals surface area contributed by atoms with Crippen LogP contribution in [0.5, 0.6) is 5.75 Å². The quantitative estimate of drug-likeness (QED) is 0.470. The molecule has 29 heavy (non-hydrogen) atoms. The molecule has 0 aliphatic heterocycles. The predicted molar refractivity (Wildman–Crippen MR) is 112 cm³/mol. The average molecular weight is 392 g/mol. The maximum atomic E-state index is 12.5. The van der Waals surface area contributed by atoms with Crippen molar-refractivity contribution >= 4 is 16.9 Å². The number of nitrogens with one attached hydrogen (secondary N) is 1. The Morgan fingerprint density at radius 3 is 2.72 bits per heavy atom. The Bertz CT molecular complexity index is 1090. The number of hydrogen-bond donors (Lipinski definition) is 1. The molecule has 3 aromatic rings. The highest BCUT2D eigenvalue weighted by atomic mass is 16.5. The monoisotopic (exact) mass is 392 g/mol. The summed E-state index contributed by atoms with van der Waals surface area (Å²) in [6, 6.07) is 9.15. The van der Waals surface area contributed by atoms with Crippen molar-refractivity contribution in [1.29, 1.82) is 0 Å². The normalized spacial score (nSPS) is 10.7. The van der Waals surface area contributed by atoms with Gasteiger partial charge in [0.05, 0.1) is 12.0 Å². The van der Waals surface area contributed by atoms with Crippen LogP contribution in [0.4, 0.5) is 0 Å². The van der Waals surface area contributed by atoms with Gasteiger partial charge in [0.15, 0.2) is 0 Å². The molecule has 1 aromatic carbocycles. The fourth-order valence-corrected chi connectivity index (χ4v) is 2.99. The first kappa shape index (κ1) is 20.3. The summed E-state index contributed by atoms with van der Waals surface area (Å²) in [5.41, 5.74) is 3.03. The van der Waals surface area contributed by atoms with Gasteiger partial charge in [0, 0.05) is 30.4 Å². The number of ether oxygens (including phenoxy) is 1. The highest BCUT2D eigenvalue weighted by molar-refractivity contribution is 5.85. The number of rotatable bonds is 8. The maximum absolute atomic E-state index is 12.5. The third-order valence-corrected chi connectivity index (χ3v) is 4.57. The Kier molecular flexibility index (Phi) is 6.44. The molecule has 0 radical (unpaired) electrons. The minimum atomic E-state index is -0.503. The lowest BCUT2D eigenvalue weighted by Crippen LogP contribution is -2.29. The minimum absolute atomic E-state index is 0.0195. The van der Waals surface area contributed by atoms with Crippen LogP contribution in [0.2, 0.25) is 0 Å². The van der Waals surface area contributed by atoms with E-state index in [9.17, 15) is 9.59 Å². The molecule has 6 nitrogen and oxygen atoms in total. The summed E-state index contributed by atoms with van der Waals surface area (Å²) < 4.78 is 11.1. The molecular formula is C23H24N2O4. The summed E-state index contributed by atoms with van der Waals surface area (Å²) >= 11 is 0. The molecule has 0 bridgehead atoms. The Hall–Kier alpha value is -3.41. The van der Waals surface area contributed by atoms with E-state index in [0.717, 1.165) is 22.1 Å². The van der Waals surface area contributed by atoms with Crippen LogP contribution in [-0.4, -0.2) is 24.0 Å². The molecule has 0 aliphatic rings. The number of benzene rings is 1. The highest BCUT2D eigenvalue weighted by Gasteiger charge is 2.15. The summed E-state index contributed by atoms with van der Waals surface area (Å²) in [6.07, 6.45) is 4.12. The largest absolute Gasteiger partial charge is 0.489 e. The van der Waals surface area contributed by atoms with Gasteiger partial charge in [-0.1, -0.05) is 6.58 Å². The second kappa shape index (κ2) is 9.19. The van der Waals surface area contributed by atoms with E-state index in [1.165, 1.54) is 0 Å². The van der Waals surface area contributed by atoms with Gasteiger partial charge in [0.2, 0.25) is 5.91 Å². The number of pyridine rings is 1. The van der Waals surface area contributed by atoms with Gasteiger partial charge in [0.1, 0.15) is 17.9 Å². The van der Waals surface area contributed by atoms with Crippen molar-refractivity contribution in [2.75, 3.05) is 13.2 Å². The standard InChI is InChI=1S/C23H24N2O4/c1-15(2)14-28-18-4-5-19-16(3)20(23(27)29-21(19)12-18)13-22(26)25-11-8-17-6-9-24-10-7-17/h4-7,9-10,12H,1,8,11,13-14H2,2-3H3,(H,25,26). The van der Waals surface area contributed by atoms with Crippen LogP contribution < -0.4 is 15.7 Å². The molecule has 2 aromatic heterocycles. The molecule has 1 amide bonds. The number of hydrogen-bond acceptors (Lipinski definition) is 5. The number of amides is 1. The lowest BCUT2D eigenvalue weighted by molar-refractivity contribution is -0.120. The van der Waals surface area contributed by atoms with E-state index in [-0.39, 0.29) is 12.3 Å². The van der Waals surface area contributed by atoms with Crippen LogP contribution in [0.25, 0.3) is 11.0 Å². The predicted octanol–water partition coefficient (Wildman–Crippen LogP) is 3.35. The summed E-state index contributed by atoms with van der Waals surface area (Å²) in [5.74, 6) is 0.389. The van der Waals surface area contributed by atoms with E-state index < -0.39 is 5.63 Å². The molecule has 0 saturated carbocycles. The third-order valence-electron chi connectivity index (χ3n) is 4.57. The number of nitrogens with zero attached hydrogens (tertiary/aromatic N) is 1. The van der Waals surface area contributed by atoms with E-state index >= 15 is 0 Å². The van der Waals surface area contributed by atoms with Gasteiger partial charge in [-0.2, -0.15) is 0 Å². The van der Waals surface area contributed by atoms with Gasteiger partial charge in [-0.15, -0.1) is 0 Å². The molecule has 2 heterocycles. The molecule has 150 valence electrons. The van der Waals surface area contributed by atoms with E-state index in [2.05, 4.69) is 16.9 Å². The molecule has 6 heteroatoms. The molecule has 1 N–H and O–H groups in total. The van der Waals surface area contributed by atoms with Crippen LogP contribution in [0.15, 0.2) is 64.1 Å². The number of carbonyl (C=O) groups excluding carboxylic acids is 1. The lowest BCUT2D eigenvalue weighted by atomic mass is 10.0. The van der Waals surface area contributed by atoms with Crippen molar-refractivity contribution in [3.63, 3.8) is 0 Å². The number of carbonyl (C=O) groups is 1. The molecule has 0 aliphatic carbocycles. The first-order valence-electron chi connectivity index (χ1n) is 9.43. The van der Waals surface area contributed by atoms with Gasteiger partial charge in [-0.05, 0) is 61.2 Å². The average Bonchev–Trinajstić information content (AvgIpc) is 2.70. The molecule has 0 fully saturated rings. The molecule has 0 spiro atoms. The van der Waals surface area contributed by atoms with E-state index in [1.807, 2.05) is 38.1 Å². The van der Waals surface area contributed by atoms with Crippen molar-refractivity contribution in [1.82, 2.24) is 10.3 Å². The second-order valence-electron chi connectivity index (χ2n) is 7.03. The first-order chi connectivity index (χ1) is 13.9. The van der Waals surface area contributed by atoms with E-state index in [1.54, 1.807) is 18.5 Å². The van der Waals surface area contributed by atoms with E-state index in [0.29, 0.717) is 36.5 Å². The molecule has 3 rings (SSSR count). The molecule has 0 unspecified atom stereocenters. The van der Waals surface area contributed by atoms with E-state index in [4.69, 9.17) is 9.15 Å². The van der Waals surface area contributed by atoms with Crippen molar-refractivity contribution in [3.05, 3.63) is 82.0 Å². The number of aryl methyl sites for hydroxylation is 1. The van der Waals surface area contributed by atoms with Gasteiger partial charge >= 0.3 is 5.63 Å². The van der Waals surface area contributed by atoms with Crippen LogP contribution in [-0.2, 0) is 17.6 Å². The van der Waals surface area contributed by atoms with Crippen LogP contribution >= 0.6 is 0 Å². The van der Waals surface area contributed by atoms with Gasteiger partial charge < -0.3 is 14.5 Å². The SMILES string of the molecule is C=C(C)COc1ccc2c(C)c(CC(=O)NCCc3ccncc3)c(=O)oc2c1. The van der Waals surface area contributed by atoms with Crippen LogP contribution in [0.3, 0.4) is 0 Å². The molecule has 0 saturated heterocycles. The first-order valence-corrected chi connectivity index (χ1v) is 9.43. The highest BCUT2D eigenvalue weighted by Crippen LogP contribution is 2.24. The van der Waals surface area contributed by atoms with Crippen LogP contribution in [0, 0.1) is 6.92 Å². The summed E-state index contributed by atoms with van der Waals surface area (Å²) in [6.45, 7) is 8.39. The smallest absolute Gasteiger partial charge is 0.340 e. The lowest BCUT2D eigenvalue weighted by Gasteiger charge is -2.10. The Labute approximate surface area is 169 Å². The van der Waals surface area contributed by atoms with Gasteiger partial charge in [0.25, 0.3) is 0 Å².